The van der Waals surface area contributed by atoms with Crippen LogP contribution in [0.5, 0.6) is 5.75 Å². The van der Waals surface area contributed by atoms with Gasteiger partial charge < -0.3 is 4.74 Å². The highest BCUT2D eigenvalue weighted by atomic mass is 16.5. The number of aryl methyl sites for hydroxylation is 1. The second-order valence-corrected chi connectivity index (χ2v) is 7.64. The molecule has 2 heteroatoms. The molecule has 4 rings (SSSR count). The number of rotatable bonds is 2. The zero-order chi connectivity index (χ0) is 16.4. The lowest BCUT2D eigenvalue weighted by molar-refractivity contribution is 0.101. The minimum absolute atomic E-state index is 0.340. The molecule has 1 saturated heterocycles. The van der Waals surface area contributed by atoms with E-state index in [4.69, 9.17) is 4.74 Å². The molecule has 0 amide bonds. The summed E-state index contributed by atoms with van der Waals surface area (Å²) < 4.78 is 6.24. The molecule has 2 heterocycles. The van der Waals surface area contributed by atoms with E-state index >= 15 is 0 Å². The van der Waals surface area contributed by atoms with Crippen LogP contribution < -0.4 is 4.74 Å². The zero-order valence-electron chi connectivity index (χ0n) is 14.6. The van der Waals surface area contributed by atoms with Gasteiger partial charge in [-0.25, -0.2) is 0 Å². The molecular formula is C22H27NO. The lowest BCUT2D eigenvalue weighted by Gasteiger charge is -2.38. The van der Waals surface area contributed by atoms with Gasteiger partial charge in [0.15, 0.2) is 0 Å². The Morgan fingerprint density at radius 1 is 1.00 bits per heavy atom. The van der Waals surface area contributed by atoms with Crippen LogP contribution in [-0.2, 0) is 13.0 Å². The Hall–Kier alpha value is -1.80. The first-order chi connectivity index (χ1) is 11.7. The van der Waals surface area contributed by atoms with Crippen LogP contribution in [0.2, 0.25) is 0 Å². The molecule has 2 aliphatic heterocycles. The van der Waals surface area contributed by atoms with Crippen LogP contribution >= 0.6 is 0 Å². The quantitative estimate of drug-likeness (QED) is 0.801. The molecule has 1 atom stereocenters. The van der Waals surface area contributed by atoms with E-state index in [0.29, 0.717) is 5.41 Å². The molecule has 24 heavy (non-hydrogen) atoms. The van der Waals surface area contributed by atoms with Crippen LogP contribution in [0, 0.1) is 12.3 Å². The third kappa shape index (κ3) is 3.21. The maximum absolute atomic E-state index is 6.24. The van der Waals surface area contributed by atoms with Crippen molar-refractivity contribution in [2.45, 2.75) is 39.2 Å². The maximum Gasteiger partial charge on any atom is 0.125 e. The van der Waals surface area contributed by atoms with Gasteiger partial charge in [-0.3, -0.25) is 4.90 Å². The lowest BCUT2D eigenvalue weighted by Crippen LogP contribution is -2.36. The van der Waals surface area contributed by atoms with Gasteiger partial charge in [-0.1, -0.05) is 48.5 Å². The average Bonchev–Trinajstić information content (AvgIpc) is 2.79. The Balaban J connectivity index is 1.45. The van der Waals surface area contributed by atoms with E-state index in [-0.39, 0.29) is 0 Å². The zero-order valence-corrected chi connectivity index (χ0v) is 14.6. The molecule has 0 saturated carbocycles. The average molecular weight is 321 g/mol. The topological polar surface area (TPSA) is 12.5 Å². The standard InChI is InChI=1S/C22H27NO/c1-18-7-5-10-20-15-22(17-24-21(18)20)11-6-13-23(14-12-22)16-19-8-3-2-4-9-19/h2-5,7-10H,6,11-17H2,1H3. The summed E-state index contributed by atoms with van der Waals surface area (Å²) in [4.78, 5) is 2.62. The Kier molecular flexibility index (Phi) is 4.32. The van der Waals surface area contributed by atoms with E-state index in [1.807, 2.05) is 0 Å². The molecule has 2 nitrogen and oxygen atoms in total. The Bertz CT molecular complexity index is 696. The molecule has 2 aromatic rings. The Morgan fingerprint density at radius 2 is 1.88 bits per heavy atom. The molecule has 2 aromatic carbocycles. The largest absolute Gasteiger partial charge is 0.492 e. The fraction of sp³-hybridized carbons (Fsp3) is 0.455. The van der Waals surface area contributed by atoms with Crippen molar-refractivity contribution in [2.75, 3.05) is 19.7 Å². The fourth-order valence-electron chi connectivity index (χ4n) is 4.37. The first-order valence-electron chi connectivity index (χ1n) is 9.22. The Morgan fingerprint density at radius 3 is 2.75 bits per heavy atom. The van der Waals surface area contributed by atoms with Gasteiger partial charge in [0.1, 0.15) is 5.75 Å². The third-order valence-corrected chi connectivity index (χ3v) is 5.77. The van der Waals surface area contributed by atoms with Crippen LogP contribution in [-0.4, -0.2) is 24.6 Å². The van der Waals surface area contributed by atoms with Crippen molar-refractivity contribution >= 4 is 0 Å². The number of hydrogen-bond donors (Lipinski definition) is 0. The molecule has 1 fully saturated rings. The predicted octanol–water partition coefficient (Wildman–Crippen LogP) is 4.60. The van der Waals surface area contributed by atoms with Crippen LogP contribution in [0.25, 0.3) is 0 Å². The highest BCUT2D eigenvalue weighted by molar-refractivity contribution is 5.42. The number of hydrogen-bond acceptors (Lipinski definition) is 2. The van der Waals surface area contributed by atoms with Gasteiger partial charge in [0.2, 0.25) is 0 Å². The first-order valence-corrected chi connectivity index (χ1v) is 9.22. The SMILES string of the molecule is Cc1cccc2c1OCC1(CCCN(Cc3ccccc3)CC1)C2. The van der Waals surface area contributed by atoms with E-state index in [1.54, 1.807) is 0 Å². The molecule has 0 aromatic heterocycles. The summed E-state index contributed by atoms with van der Waals surface area (Å²) in [7, 11) is 0. The van der Waals surface area contributed by atoms with E-state index in [0.717, 1.165) is 18.9 Å². The van der Waals surface area contributed by atoms with Crippen molar-refractivity contribution in [3.05, 3.63) is 65.2 Å². The summed E-state index contributed by atoms with van der Waals surface area (Å²) in [6, 6.07) is 17.5. The third-order valence-electron chi connectivity index (χ3n) is 5.77. The smallest absolute Gasteiger partial charge is 0.125 e. The minimum atomic E-state index is 0.340. The van der Waals surface area contributed by atoms with Gasteiger partial charge in [0.05, 0.1) is 6.61 Å². The second-order valence-electron chi connectivity index (χ2n) is 7.64. The summed E-state index contributed by atoms with van der Waals surface area (Å²) in [5, 5.41) is 0. The highest BCUT2D eigenvalue weighted by Crippen LogP contribution is 2.42. The molecule has 126 valence electrons. The molecular weight excluding hydrogens is 294 g/mol. The maximum atomic E-state index is 6.24. The van der Waals surface area contributed by atoms with Crippen LogP contribution in [0.3, 0.4) is 0 Å². The van der Waals surface area contributed by atoms with E-state index in [9.17, 15) is 0 Å². The van der Waals surface area contributed by atoms with Gasteiger partial charge in [-0.15, -0.1) is 0 Å². The normalized spacial score (nSPS) is 24.2. The van der Waals surface area contributed by atoms with Crippen molar-refractivity contribution in [3.63, 3.8) is 0 Å². The number of para-hydroxylation sites is 1. The van der Waals surface area contributed by atoms with Crippen molar-refractivity contribution in [1.82, 2.24) is 4.90 Å². The van der Waals surface area contributed by atoms with E-state index < -0.39 is 0 Å². The minimum Gasteiger partial charge on any atom is -0.492 e. The van der Waals surface area contributed by atoms with Crippen LogP contribution in [0.1, 0.15) is 36.0 Å². The molecule has 1 spiro atoms. The van der Waals surface area contributed by atoms with Gasteiger partial charge in [0.25, 0.3) is 0 Å². The molecule has 1 unspecified atom stereocenters. The highest BCUT2D eigenvalue weighted by Gasteiger charge is 2.37. The molecule has 0 aliphatic carbocycles. The van der Waals surface area contributed by atoms with Crippen molar-refractivity contribution in [2.24, 2.45) is 5.41 Å². The summed E-state index contributed by atoms with van der Waals surface area (Å²) in [6.45, 7) is 6.51. The number of nitrogens with zero attached hydrogens (tertiary/aromatic N) is 1. The molecule has 0 bridgehead atoms. The van der Waals surface area contributed by atoms with Gasteiger partial charge in [-0.2, -0.15) is 0 Å². The van der Waals surface area contributed by atoms with Gasteiger partial charge in [-0.05, 0) is 62.4 Å². The van der Waals surface area contributed by atoms with Gasteiger partial charge >= 0.3 is 0 Å². The van der Waals surface area contributed by atoms with Crippen molar-refractivity contribution in [3.8, 4) is 5.75 Å². The molecule has 0 N–H and O–H groups in total. The fourth-order valence-corrected chi connectivity index (χ4v) is 4.37. The molecule has 0 radical (unpaired) electrons. The Labute approximate surface area is 145 Å². The van der Waals surface area contributed by atoms with Gasteiger partial charge in [0, 0.05) is 12.0 Å². The predicted molar refractivity (Wildman–Crippen MR) is 98.4 cm³/mol. The number of likely N-dealkylation sites (tertiary alicyclic amines) is 1. The van der Waals surface area contributed by atoms with Crippen LogP contribution in [0.4, 0.5) is 0 Å². The monoisotopic (exact) mass is 321 g/mol. The van der Waals surface area contributed by atoms with Crippen molar-refractivity contribution in [1.29, 1.82) is 0 Å². The number of benzene rings is 2. The molecule has 2 aliphatic rings. The summed E-state index contributed by atoms with van der Waals surface area (Å²) >= 11 is 0. The summed E-state index contributed by atoms with van der Waals surface area (Å²) in [6.07, 6.45) is 4.99. The first kappa shape index (κ1) is 15.7. The summed E-state index contributed by atoms with van der Waals surface area (Å²) in [5.41, 5.74) is 4.46. The van der Waals surface area contributed by atoms with E-state index in [2.05, 4.69) is 60.4 Å². The van der Waals surface area contributed by atoms with E-state index in [1.165, 1.54) is 55.5 Å². The second kappa shape index (κ2) is 6.60. The number of fused-ring (bicyclic) bond motifs is 1. The summed E-state index contributed by atoms with van der Waals surface area (Å²) in [5.74, 6) is 1.15. The number of ether oxygens (including phenoxy) is 1. The lowest BCUT2D eigenvalue weighted by atomic mass is 9.74. The van der Waals surface area contributed by atoms with Crippen molar-refractivity contribution < 1.29 is 4.74 Å². The van der Waals surface area contributed by atoms with Crippen LogP contribution in [0.15, 0.2) is 48.5 Å².